The van der Waals surface area contributed by atoms with E-state index in [1.807, 2.05) is 0 Å². The van der Waals surface area contributed by atoms with E-state index in [1.165, 1.54) is 12.4 Å². The van der Waals surface area contributed by atoms with Crippen molar-refractivity contribution in [3.8, 4) is 0 Å². The third-order valence-electron chi connectivity index (χ3n) is 3.14. The van der Waals surface area contributed by atoms with E-state index < -0.39 is 17.5 Å². The molecule has 1 atom stereocenters. The molecule has 0 bridgehead atoms. The van der Waals surface area contributed by atoms with Gasteiger partial charge in [0.25, 0.3) is 5.91 Å². The van der Waals surface area contributed by atoms with Crippen molar-refractivity contribution in [2.24, 2.45) is 0 Å². The molecule has 8 heteroatoms. The van der Waals surface area contributed by atoms with Crippen molar-refractivity contribution in [1.82, 2.24) is 20.4 Å². The van der Waals surface area contributed by atoms with Crippen molar-refractivity contribution >= 4 is 23.5 Å². The molecule has 0 saturated carbocycles. The van der Waals surface area contributed by atoms with E-state index in [0.29, 0.717) is 12.1 Å². The van der Waals surface area contributed by atoms with E-state index >= 15 is 0 Å². The Hall–Kier alpha value is -2.38. The fourth-order valence-corrected chi connectivity index (χ4v) is 1.79. The van der Waals surface area contributed by atoms with Crippen LogP contribution in [0.1, 0.15) is 20.3 Å². The molecule has 1 fully saturated rings. The first-order valence-corrected chi connectivity index (χ1v) is 5.89. The van der Waals surface area contributed by atoms with Crippen molar-refractivity contribution in [3.63, 3.8) is 0 Å². The molecule has 102 valence electrons. The highest BCUT2D eigenvalue weighted by Gasteiger charge is 2.46. The Labute approximate surface area is 109 Å². The smallest absolute Gasteiger partial charge is 0.323 e. The zero-order valence-corrected chi connectivity index (χ0v) is 10.7. The second-order valence-electron chi connectivity index (χ2n) is 4.54. The summed E-state index contributed by atoms with van der Waals surface area (Å²) < 4.78 is 0. The molecular formula is C11H15N5O3. The zero-order chi connectivity index (χ0) is 14.0. The van der Waals surface area contributed by atoms with E-state index in [2.05, 4.69) is 20.8 Å². The highest BCUT2D eigenvalue weighted by atomic mass is 16.2. The van der Waals surface area contributed by atoms with Crippen LogP contribution in [0.5, 0.6) is 0 Å². The van der Waals surface area contributed by atoms with Crippen LogP contribution in [0.3, 0.4) is 0 Å². The van der Waals surface area contributed by atoms with Gasteiger partial charge in [0.05, 0.1) is 11.9 Å². The number of amides is 4. The Kier molecular flexibility index (Phi) is 3.24. The summed E-state index contributed by atoms with van der Waals surface area (Å²) in [5.74, 6) is -0.840. The van der Waals surface area contributed by atoms with E-state index in [4.69, 9.17) is 0 Å². The Morgan fingerprint density at radius 1 is 1.53 bits per heavy atom. The molecule has 0 spiro atoms. The Balaban J connectivity index is 2.01. The highest BCUT2D eigenvalue weighted by Crippen LogP contribution is 2.20. The van der Waals surface area contributed by atoms with Crippen molar-refractivity contribution in [2.45, 2.75) is 25.8 Å². The number of nitrogens with one attached hydrogen (secondary N) is 3. The maximum absolute atomic E-state index is 12.1. The summed E-state index contributed by atoms with van der Waals surface area (Å²) in [6.07, 6.45) is 3.40. The molecule has 0 aromatic carbocycles. The van der Waals surface area contributed by atoms with E-state index in [9.17, 15) is 14.4 Å². The Morgan fingerprint density at radius 3 is 2.79 bits per heavy atom. The van der Waals surface area contributed by atoms with Gasteiger partial charge in [-0.25, -0.2) is 4.79 Å². The molecule has 1 unspecified atom stereocenters. The van der Waals surface area contributed by atoms with Crippen LogP contribution in [0.4, 0.5) is 10.5 Å². The molecule has 8 nitrogen and oxygen atoms in total. The lowest BCUT2D eigenvalue weighted by Gasteiger charge is -2.18. The number of hydrogen-bond donors (Lipinski definition) is 3. The SMILES string of the molecule is CCC1(C)NC(=O)N(CC(=O)Nc2cn[nH]c2)C1=O. The first-order valence-electron chi connectivity index (χ1n) is 5.89. The number of aromatic amines is 1. The summed E-state index contributed by atoms with van der Waals surface area (Å²) in [6, 6.07) is -0.545. The standard InChI is InChI=1S/C11H15N5O3/c1-3-11(2)9(18)16(10(19)15-11)6-8(17)14-7-4-12-13-5-7/h4-5H,3,6H2,1-2H3,(H,12,13)(H,14,17)(H,15,19). The lowest BCUT2D eigenvalue weighted by molar-refractivity contribution is -0.133. The zero-order valence-electron chi connectivity index (χ0n) is 10.7. The van der Waals surface area contributed by atoms with Crippen molar-refractivity contribution < 1.29 is 14.4 Å². The summed E-state index contributed by atoms with van der Waals surface area (Å²) in [5, 5.41) is 11.3. The first kappa shape index (κ1) is 13.1. The molecule has 1 saturated heterocycles. The number of nitrogens with zero attached hydrogens (tertiary/aromatic N) is 2. The van der Waals surface area contributed by atoms with Gasteiger partial charge in [0.2, 0.25) is 5.91 Å². The molecule has 1 aromatic rings. The molecule has 0 aliphatic carbocycles. The van der Waals surface area contributed by atoms with Gasteiger partial charge in [0, 0.05) is 6.20 Å². The van der Waals surface area contributed by atoms with Crippen molar-refractivity contribution in [3.05, 3.63) is 12.4 Å². The van der Waals surface area contributed by atoms with Crippen molar-refractivity contribution in [1.29, 1.82) is 0 Å². The van der Waals surface area contributed by atoms with Crippen LogP contribution in [-0.4, -0.2) is 45.0 Å². The van der Waals surface area contributed by atoms with Gasteiger partial charge in [-0.05, 0) is 13.3 Å². The number of imide groups is 1. The maximum Gasteiger partial charge on any atom is 0.325 e. The van der Waals surface area contributed by atoms with E-state index in [0.717, 1.165) is 4.90 Å². The predicted molar refractivity (Wildman–Crippen MR) is 66.2 cm³/mol. The quantitative estimate of drug-likeness (QED) is 0.669. The monoisotopic (exact) mass is 265 g/mol. The molecule has 2 heterocycles. The van der Waals surface area contributed by atoms with Gasteiger partial charge >= 0.3 is 6.03 Å². The second-order valence-corrected chi connectivity index (χ2v) is 4.54. The number of aromatic nitrogens is 2. The topological polar surface area (TPSA) is 107 Å². The van der Waals surface area contributed by atoms with Gasteiger partial charge in [0.1, 0.15) is 12.1 Å². The van der Waals surface area contributed by atoms with Crippen LogP contribution in [0.25, 0.3) is 0 Å². The largest absolute Gasteiger partial charge is 0.325 e. The van der Waals surface area contributed by atoms with Gasteiger partial charge in [0.15, 0.2) is 0 Å². The average molecular weight is 265 g/mol. The fourth-order valence-electron chi connectivity index (χ4n) is 1.79. The molecule has 3 N–H and O–H groups in total. The molecular weight excluding hydrogens is 250 g/mol. The number of carbonyl (C=O) groups excluding carboxylic acids is 3. The van der Waals surface area contributed by atoms with Gasteiger partial charge in [-0.1, -0.05) is 6.92 Å². The van der Waals surface area contributed by atoms with Crippen LogP contribution in [-0.2, 0) is 9.59 Å². The molecule has 1 aliphatic rings. The number of urea groups is 1. The van der Waals surface area contributed by atoms with Gasteiger partial charge in [-0.15, -0.1) is 0 Å². The van der Waals surface area contributed by atoms with Gasteiger partial charge < -0.3 is 10.6 Å². The van der Waals surface area contributed by atoms with Crippen LogP contribution in [0, 0.1) is 0 Å². The third kappa shape index (κ3) is 2.42. The summed E-state index contributed by atoms with van der Waals surface area (Å²) in [5.41, 5.74) is -0.442. The van der Waals surface area contributed by atoms with Crippen LogP contribution in [0.2, 0.25) is 0 Å². The van der Waals surface area contributed by atoms with Crippen molar-refractivity contribution in [2.75, 3.05) is 11.9 Å². The Bertz CT molecular complexity index is 512. The summed E-state index contributed by atoms with van der Waals surface area (Å²) in [7, 11) is 0. The number of carbonyl (C=O) groups is 3. The summed E-state index contributed by atoms with van der Waals surface area (Å²) in [4.78, 5) is 36.4. The highest BCUT2D eigenvalue weighted by molar-refractivity contribution is 6.09. The number of anilines is 1. The first-order chi connectivity index (χ1) is 8.96. The number of rotatable bonds is 4. The molecule has 19 heavy (non-hydrogen) atoms. The lowest BCUT2D eigenvalue weighted by Crippen LogP contribution is -2.44. The normalized spacial score (nSPS) is 22.5. The van der Waals surface area contributed by atoms with Crippen LogP contribution >= 0.6 is 0 Å². The minimum Gasteiger partial charge on any atom is -0.323 e. The average Bonchev–Trinajstić information content (AvgIpc) is 2.93. The minimum absolute atomic E-state index is 0.314. The summed E-state index contributed by atoms with van der Waals surface area (Å²) in [6.45, 7) is 3.12. The lowest BCUT2D eigenvalue weighted by atomic mass is 9.99. The number of H-pyrrole nitrogens is 1. The minimum atomic E-state index is -0.924. The third-order valence-corrected chi connectivity index (χ3v) is 3.14. The predicted octanol–water partition coefficient (Wildman–Crippen LogP) is 0.0687. The maximum atomic E-state index is 12.1. The Morgan fingerprint density at radius 2 is 2.26 bits per heavy atom. The molecule has 2 rings (SSSR count). The van der Waals surface area contributed by atoms with Crippen LogP contribution in [0.15, 0.2) is 12.4 Å². The summed E-state index contributed by atoms with van der Waals surface area (Å²) >= 11 is 0. The molecule has 4 amide bonds. The second kappa shape index (κ2) is 4.71. The van der Waals surface area contributed by atoms with Gasteiger partial charge in [-0.3, -0.25) is 19.6 Å². The molecule has 1 aliphatic heterocycles. The van der Waals surface area contributed by atoms with E-state index in [1.54, 1.807) is 13.8 Å². The molecule has 1 aromatic heterocycles. The van der Waals surface area contributed by atoms with E-state index in [-0.39, 0.29) is 12.5 Å². The van der Waals surface area contributed by atoms with Crippen LogP contribution < -0.4 is 10.6 Å². The fraction of sp³-hybridized carbons (Fsp3) is 0.455. The molecule has 0 radical (unpaired) electrons. The van der Waals surface area contributed by atoms with Gasteiger partial charge in [-0.2, -0.15) is 5.10 Å². The number of hydrogen-bond acceptors (Lipinski definition) is 4.